The Labute approximate surface area is 175 Å². The fraction of sp³-hybridized carbons (Fsp3) is 0.375. The minimum Gasteiger partial charge on any atom is -0.355 e. The third kappa shape index (κ3) is 4.27. The van der Waals surface area contributed by atoms with Crippen molar-refractivity contribution in [2.45, 2.75) is 50.5 Å². The highest BCUT2D eigenvalue weighted by Crippen LogP contribution is 2.39. The Morgan fingerprint density at radius 3 is 2.57 bits per heavy atom. The minimum atomic E-state index is -0.247. The normalized spacial score (nSPS) is 15.8. The van der Waals surface area contributed by atoms with Gasteiger partial charge in [-0.3, -0.25) is 14.2 Å². The lowest BCUT2D eigenvalue weighted by molar-refractivity contribution is -0.121. The SMILES string of the molecule is O=C(CCn1cnc2ccccc2c1=O)NCC1(c2ccc(F)cc2)CCCCC1. The first-order valence-electron chi connectivity index (χ1n) is 10.5. The van der Waals surface area contributed by atoms with Gasteiger partial charge in [-0.25, -0.2) is 9.37 Å². The van der Waals surface area contributed by atoms with Crippen molar-refractivity contribution in [3.05, 3.63) is 76.6 Å². The molecular formula is C24H26FN3O2. The third-order valence-electron chi connectivity index (χ3n) is 6.20. The van der Waals surface area contributed by atoms with E-state index in [0.29, 0.717) is 17.4 Å². The van der Waals surface area contributed by atoms with Gasteiger partial charge in [-0.2, -0.15) is 0 Å². The maximum Gasteiger partial charge on any atom is 0.261 e. The number of aryl methyl sites for hydroxylation is 1. The van der Waals surface area contributed by atoms with Gasteiger partial charge in [0.1, 0.15) is 5.82 Å². The van der Waals surface area contributed by atoms with Crippen LogP contribution >= 0.6 is 0 Å². The molecule has 0 spiro atoms. The summed E-state index contributed by atoms with van der Waals surface area (Å²) in [5, 5.41) is 3.62. The number of carbonyl (C=O) groups excluding carboxylic acids is 1. The van der Waals surface area contributed by atoms with Gasteiger partial charge >= 0.3 is 0 Å². The molecule has 1 heterocycles. The van der Waals surface area contributed by atoms with E-state index >= 15 is 0 Å². The van der Waals surface area contributed by atoms with E-state index in [1.807, 2.05) is 24.3 Å². The van der Waals surface area contributed by atoms with Gasteiger partial charge in [0.25, 0.3) is 5.56 Å². The van der Waals surface area contributed by atoms with Crippen molar-refractivity contribution in [2.75, 3.05) is 6.54 Å². The Morgan fingerprint density at radius 1 is 1.07 bits per heavy atom. The van der Waals surface area contributed by atoms with E-state index < -0.39 is 0 Å². The molecule has 0 aliphatic heterocycles. The molecule has 156 valence electrons. The summed E-state index contributed by atoms with van der Waals surface area (Å²) >= 11 is 0. The zero-order valence-electron chi connectivity index (χ0n) is 16.9. The topological polar surface area (TPSA) is 64.0 Å². The van der Waals surface area contributed by atoms with Crippen LogP contribution in [0.1, 0.15) is 44.1 Å². The van der Waals surface area contributed by atoms with Crippen LogP contribution in [0, 0.1) is 5.82 Å². The highest BCUT2D eigenvalue weighted by molar-refractivity contribution is 5.77. The highest BCUT2D eigenvalue weighted by Gasteiger charge is 2.34. The van der Waals surface area contributed by atoms with Crippen molar-refractivity contribution >= 4 is 16.8 Å². The predicted molar refractivity (Wildman–Crippen MR) is 115 cm³/mol. The summed E-state index contributed by atoms with van der Waals surface area (Å²) in [5.74, 6) is -0.342. The number of rotatable bonds is 6. The van der Waals surface area contributed by atoms with E-state index in [0.717, 1.165) is 31.2 Å². The zero-order chi connectivity index (χ0) is 21.0. The largest absolute Gasteiger partial charge is 0.355 e. The van der Waals surface area contributed by atoms with E-state index in [-0.39, 0.29) is 35.7 Å². The number of hydrogen-bond donors (Lipinski definition) is 1. The van der Waals surface area contributed by atoms with Crippen LogP contribution in [0.2, 0.25) is 0 Å². The van der Waals surface area contributed by atoms with Crippen LogP contribution in [-0.4, -0.2) is 22.0 Å². The van der Waals surface area contributed by atoms with E-state index in [1.165, 1.54) is 29.4 Å². The number of nitrogens with one attached hydrogen (secondary N) is 1. The molecule has 30 heavy (non-hydrogen) atoms. The fourth-order valence-electron chi connectivity index (χ4n) is 4.44. The molecule has 1 saturated carbocycles. The molecule has 2 aromatic carbocycles. The quantitative estimate of drug-likeness (QED) is 0.673. The number of fused-ring (bicyclic) bond motifs is 1. The molecule has 5 nitrogen and oxygen atoms in total. The number of para-hydroxylation sites is 1. The molecule has 1 aliphatic rings. The Morgan fingerprint density at radius 2 is 1.80 bits per heavy atom. The molecule has 3 aromatic rings. The van der Waals surface area contributed by atoms with Crippen LogP contribution in [0.15, 0.2) is 59.7 Å². The van der Waals surface area contributed by atoms with Crippen LogP contribution in [-0.2, 0) is 16.8 Å². The summed E-state index contributed by atoms with van der Waals surface area (Å²) in [6, 6.07) is 13.9. The second-order valence-corrected chi connectivity index (χ2v) is 8.13. The van der Waals surface area contributed by atoms with E-state index in [9.17, 15) is 14.0 Å². The van der Waals surface area contributed by atoms with E-state index in [2.05, 4.69) is 10.3 Å². The van der Waals surface area contributed by atoms with Crippen LogP contribution in [0.5, 0.6) is 0 Å². The lowest BCUT2D eigenvalue weighted by atomic mass is 9.69. The van der Waals surface area contributed by atoms with Crippen molar-refractivity contribution in [3.8, 4) is 0 Å². The van der Waals surface area contributed by atoms with Crippen molar-refractivity contribution < 1.29 is 9.18 Å². The van der Waals surface area contributed by atoms with Crippen LogP contribution in [0.4, 0.5) is 4.39 Å². The van der Waals surface area contributed by atoms with Gasteiger partial charge in [0, 0.05) is 24.9 Å². The standard InChI is InChI=1S/C24H26FN3O2/c25-19-10-8-18(9-11-19)24(13-4-1-5-14-24)16-26-22(29)12-15-28-17-27-21-7-3-2-6-20(21)23(28)30/h2-3,6-11,17H,1,4-5,12-16H2,(H,26,29). The molecule has 0 bridgehead atoms. The van der Waals surface area contributed by atoms with Gasteiger partial charge in [-0.1, -0.05) is 43.5 Å². The Hall–Kier alpha value is -3.02. The number of benzene rings is 2. The fourth-order valence-corrected chi connectivity index (χ4v) is 4.44. The first-order chi connectivity index (χ1) is 14.6. The molecule has 0 saturated heterocycles. The number of nitrogens with zero attached hydrogens (tertiary/aromatic N) is 2. The molecule has 1 amide bonds. The predicted octanol–water partition coefficient (Wildman–Crippen LogP) is 3.94. The molecule has 1 aromatic heterocycles. The average molecular weight is 407 g/mol. The smallest absolute Gasteiger partial charge is 0.261 e. The highest BCUT2D eigenvalue weighted by atomic mass is 19.1. The van der Waals surface area contributed by atoms with Crippen molar-refractivity contribution in [2.24, 2.45) is 0 Å². The zero-order valence-corrected chi connectivity index (χ0v) is 16.9. The number of amides is 1. The lowest BCUT2D eigenvalue weighted by Crippen LogP contribution is -2.42. The van der Waals surface area contributed by atoms with E-state index in [4.69, 9.17) is 0 Å². The summed E-state index contributed by atoms with van der Waals surface area (Å²) in [6.07, 6.45) is 7.06. The minimum absolute atomic E-state index is 0.0953. The molecule has 1 aliphatic carbocycles. The van der Waals surface area contributed by atoms with Gasteiger partial charge in [-0.15, -0.1) is 0 Å². The molecule has 0 radical (unpaired) electrons. The van der Waals surface area contributed by atoms with Gasteiger partial charge in [0.2, 0.25) is 5.91 Å². The lowest BCUT2D eigenvalue weighted by Gasteiger charge is -2.38. The average Bonchev–Trinajstić information content (AvgIpc) is 2.78. The first kappa shape index (κ1) is 20.3. The van der Waals surface area contributed by atoms with Crippen molar-refractivity contribution in [3.63, 3.8) is 0 Å². The second-order valence-electron chi connectivity index (χ2n) is 8.13. The van der Waals surface area contributed by atoms with E-state index in [1.54, 1.807) is 12.1 Å². The van der Waals surface area contributed by atoms with Gasteiger partial charge < -0.3 is 5.32 Å². The van der Waals surface area contributed by atoms with Gasteiger partial charge in [-0.05, 0) is 42.7 Å². The Kier molecular flexibility index (Phi) is 5.93. The second kappa shape index (κ2) is 8.78. The molecule has 0 atom stereocenters. The monoisotopic (exact) mass is 407 g/mol. The van der Waals surface area contributed by atoms with Gasteiger partial charge in [0.15, 0.2) is 0 Å². The summed E-state index contributed by atoms with van der Waals surface area (Å²) in [5.41, 5.74) is 1.45. The summed E-state index contributed by atoms with van der Waals surface area (Å²) in [6.45, 7) is 0.814. The van der Waals surface area contributed by atoms with Crippen LogP contribution in [0.3, 0.4) is 0 Å². The summed E-state index contributed by atoms with van der Waals surface area (Å²) in [4.78, 5) is 29.4. The van der Waals surface area contributed by atoms with Gasteiger partial charge in [0.05, 0.1) is 17.2 Å². The Balaban J connectivity index is 1.41. The molecular weight excluding hydrogens is 381 g/mol. The van der Waals surface area contributed by atoms with Crippen molar-refractivity contribution in [1.29, 1.82) is 0 Å². The Bertz CT molecular complexity index is 1090. The van der Waals surface area contributed by atoms with Crippen molar-refractivity contribution in [1.82, 2.24) is 14.9 Å². The molecule has 1 N–H and O–H groups in total. The summed E-state index contributed by atoms with van der Waals surface area (Å²) < 4.78 is 14.9. The van der Waals surface area contributed by atoms with Crippen LogP contribution < -0.4 is 10.9 Å². The number of halogens is 1. The number of aromatic nitrogens is 2. The summed E-state index contributed by atoms with van der Waals surface area (Å²) in [7, 11) is 0. The third-order valence-corrected chi connectivity index (χ3v) is 6.20. The molecule has 6 heteroatoms. The molecule has 4 rings (SSSR count). The molecule has 1 fully saturated rings. The maximum atomic E-state index is 13.4. The number of hydrogen-bond acceptors (Lipinski definition) is 3. The number of carbonyl (C=O) groups is 1. The maximum absolute atomic E-state index is 13.4. The molecule has 0 unspecified atom stereocenters. The van der Waals surface area contributed by atoms with Crippen LogP contribution in [0.25, 0.3) is 10.9 Å². The first-order valence-corrected chi connectivity index (χ1v) is 10.5.